The van der Waals surface area contributed by atoms with Gasteiger partial charge in [-0.2, -0.15) is 13.2 Å². The van der Waals surface area contributed by atoms with E-state index in [0.717, 1.165) is 37.3 Å². The van der Waals surface area contributed by atoms with Crippen LogP contribution in [0.25, 0.3) is 0 Å². The van der Waals surface area contributed by atoms with Gasteiger partial charge in [0, 0.05) is 13.1 Å². The number of carboxylic acids is 1. The number of amides is 1. The van der Waals surface area contributed by atoms with Crippen molar-refractivity contribution in [3.63, 3.8) is 0 Å². The van der Waals surface area contributed by atoms with Crippen molar-refractivity contribution in [3.05, 3.63) is 0 Å². The molecule has 0 bridgehead atoms. The third-order valence-electron chi connectivity index (χ3n) is 5.04. The van der Waals surface area contributed by atoms with Crippen LogP contribution < -0.4 is 0 Å². The largest absolute Gasteiger partial charge is 0.481 e. The van der Waals surface area contributed by atoms with E-state index < -0.39 is 36.6 Å². The topological polar surface area (TPSA) is 60.9 Å². The zero-order valence-electron chi connectivity index (χ0n) is 14.1. The Morgan fingerprint density at radius 1 is 1.08 bits per heavy atom. The summed E-state index contributed by atoms with van der Waals surface area (Å²) >= 11 is 0. The second-order valence-electron chi connectivity index (χ2n) is 7.12. The molecule has 8 heteroatoms. The molecule has 2 fully saturated rings. The van der Waals surface area contributed by atoms with Crippen molar-refractivity contribution in [2.24, 2.45) is 17.8 Å². The van der Waals surface area contributed by atoms with Crippen LogP contribution in [0.1, 0.15) is 33.1 Å². The first-order valence-electron chi connectivity index (χ1n) is 8.45. The Hall–Kier alpha value is -1.31. The maximum absolute atomic E-state index is 13.1. The molecular formula is C16H25F3N2O3. The molecule has 3 atom stereocenters. The van der Waals surface area contributed by atoms with Gasteiger partial charge in [-0.05, 0) is 31.8 Å². The van der Waals surface area contributed by atoms with E-state index in [-0.39, 0.29) is 18.4 Å². The zero-order valence-corrected chi connectivity index (χ0v) is 14.1. The lowest BCUT2D eigenvalue weighted by atomic mass is 9.96. The summed E-state index contributed by atoms with van der Waals surface area (Å²) < 4.78 is 39.3. The van der Waals surface area contributed by atoms with Crippen LogP contribution in [-0.2, 0) is 9.59 Å². The molecule has 0 saturated carbocycles. The highest BCUT2D eigenvalue weighted by atomic mass is 19.4. The van der Waals surface area contributed by atoms with Crippen molar-refractivity contribution in [1.82, 2.24) is 9.80 Å². The molecule has 2 aliphatic heterocycles. The van der Waals surface area contributed by atoms with E-state index in [2.05, 4.69) is 0 Å². The summed E-state index contributed by atoms with van der Waals surface area (Å²) in [4.78, 5) is 27.2. The van der Waals surface area contributed by atoms with Gasteiger partial charge >= 0.3 is 12.1 Å². The fourth-order valence-electron chi connectivity index (χ4n) is 3.81. The lowest BCUT2D eigenvalue weighted by molar-refractivity contribution is -0.188. The van der Waals surface area contributed by atoms with Gasteiger partial charge in [-0.15, -0.1) is 0 Å². The average molecular weight is 350 g/mol. The van der Waals surface area contributed by atoms with Gasteiger partial charge in [0.15, 0.2) is 0 Å². The summed E-state index contributed by atoms with van der Waals surface area (Å²) in [6.07, 6.45) is -1.58. The number of piperidine rings is 1. The van der Waals surface area contributed by atoms with Crippen LogP contribution in [0.4, 0.5) is 13.2 Å². The van der Waals surface area contributed by atoms with Gasteiger partial charge in [0.1, 0.15) is 0 Å². The standard InChI is InChI=1S/C16H25F3N2O3/c1-10(2)13(20-6-4-3-5-7-20)14(22)21-8-11(15(23)24)12(9-21)16(17,18)19/h10-13H,3-9H2,1-2H3,(H,23,24)/t11-,12-,13?/m1/s1. The zero-order chi connectivity index (χ0) is 18.1. The average Bonchev–Trinajstić information content (AvgIpc) is 2.93. The number of carbonyl (C=O) groups is 2. The first kappa shape index (κ1) is 19.0. The Kier molecular flexibility index (Phi) is 5.78. The number of carboxylic acid groups (broad SMARTS) is 1. The number of halogens is 3. The minimum absolute atomic E-state index is 0.0381. The predicted octanol–water partition coefficient (Wildman–Crippen LogP) is 2.22. The Morgan fingerprint density at radius 3 is 2.08 bits per heavy atom. The van der Waals surface area contributed by atoms with Crippen LogP contribution in [0.15, 0.2) is 0 Å². The molecule has 0 spiro atoms. The van der Waals surface area contributed by atoms with Crippen molar-refractivity contribution in [1.29, 1.82) is 0 Å². The number of rotatable bonds is 4. The second-order valence-corrected chi connectivity index (χ2v) is 7.12. The Balaban J connectivity index is 2.16. The van der Waals surface area contributed by atoms with E-state index in [0.29, 0.717) is 0 Å². The Labute approximate surface area is 139 Å². The maximum atomic E-state index is 13.1. The molecule has 2 aliphatic rings. The number of likely N-dealkylation sites (tertiary alicyclic amines) is 2. The van der Waals surface area contributed by atoms with Crippen molar-refractivity contribution in [3.8, 4) is 0 Å². The van der Waals surface area contributed by atoms with Crippen LogP contribution >= 0.6 is 0 Å². The molecule has 1 unspecified atom stereocenters. The van der Waals surface area contributed by atoms with Crippen LogP contribution in [0, 0.1) is 17.8 Å². The molecule has 0 aromatic carbocycles. The molecule has 0 radical (unpaired) electrons. The number of aliphatic carboxylic acids is 1. The molecule has 0 aliphatic carbocycles. The minimum atomic E-state index is -4.61. The van der Waals surface area contributed by atoms with Crippen LogP contribution in [0.5, 0.6) is 0 Å². The molecular weight excluding hydrogens is 325 g/mol. The highest BCUT2D eigenvalue weighted by Crippen LogP contribution is 2.38. The number of hydrogen-bond acceptors (Lipinski definition) is 3. The third kappa shape index (κ3) is 4.02. The Bertz CT molecular complexity index is 476. The van der Waals surface area contributed by atoms with Crippen molar-refractivity contribution in [2.45, 2.75) is 45.3 Å². The first-order chi connectivity index (χ1) is 11.1. The lowest BCUT2D eigenvalue weighted by Crippen LogP contribution is -2.52. The van der Waals surface area contributed by atoms with Crippen molar-refractivity contribution >= 4 is 11.9 Å². The van der Waals surface area contributed by atoms with Gasteiger partial charge in [0.2, 0.25) is 5.91 Å². The highest BCUT2D eigenvalue weighted by molar-refractivity contribution is 5.84. The van der Waals surface area contributed by atoms with Crippen LogP contribution in [0.2, 0.25) is 0 Å². The molecule has 0 aromatic rings. The summed E-state index contributed by atoms with van der Waals surface area (Å²) in [5, 5.41) is 9.09. The summed E-state index contributed by atoms with van der Waals surface area (Å²) in [6, 6.07) is -0.480. The monoisotopic (exact) mass is 350 g/mol. The van der Waals surface area contributed by atoms with E-state index in [9.17, 15) is 22.8 Å². The van der Waals surface area contributed by atoms with Gasteiger partial charge in [0.05, 0.1) is 17.9 Å². The SMILES string of the molecule is CC(C)C(C(=O)N1C[C@@H](C(F)(F)F)[C@H](C(=O)O)C1)N1CCCCC1. The second kappa shape index (κ2) is 7.29. The van der Waals surface area contributed by atoms with E-state index >= 15 is 0 Å². The molecule has 0 aromatic heterocycles. The van der Waals surface area contributed by atoms with E-state index in [4.69, 9.17) is 5.11 Å². The third-order valence-corrected chi connectivity index (χ3v) is 5.04. The summed E-state index contributed by atoms with van der Waals surface area (Å²) in [7, 11) is 0. The minimum Gasteiger partial charge on any atom is -0.481 e. The molecule has 138 valence electrons. The van der Waals surface area contributed by atoms with E-state index in [1.54, 1.807) is 0 Å². The smallest absolute Gasteiger partial charge is 0.394 e. The van der Waals surface area contributed by atoms with E-state index in [1.807, 2.05) is 18.7 Å². The summed E-state index contributed by atoms with van der Waals surface area (Å²) in [5.41, 5.74) is 0. The number of nitrogens with zero attached hydrogens (tertiary/aromatic N) is 2. The van der Waals surface area contributed by atoms with Crippen LogP contribution in [0.3, 0.4) is 0 Å². The molecule has 2 heterocycles. The normalized spacial score (nSPS) is 27.5. The lowest BCUT2D eigenvalue weighted by Gasteiger charge is -2.38. The van der Waals surface area contributed by atoms with Gasteiger partial charge in [-0.3, -0.25) is 14.5 Å². The molecule has 24 heavy (non-hydrogen) atoms. The van der Waals surface area contributed by atoms with Crippen molar-refractivity contribution < 1.29 is 27.9 Å². The fraction of sp³-hybridized carbons (Fsp3) is 0.875. The maximum Gasteiger partial charge on any atom is 0.394 e. The van der Waals surface area contributed by atoms with Gasteiger partial charge in [0.25, 0.3) is 0 Å². The molecule has 5 nitrogen and oxygen atoms in total. The molecule has 1 N–H and O–H groups in total. The van der Waals surface area contributed by atoms with Gasteiger partial charge < -0.3 is 10.0 Å². The molecule has 1 amide bonds. The number of carbonyl (C=O) groups excluding carboxylic acids is 1. The fourth-order valence-corrected chi connectivity index (χ4v) is 3.81. The van der Waals surface area contributed by atoms with Crippen molar-refractivity contribution in [2.75, 3.05) is 26.2 Å². The van der Waals surface area contributed by atoms with Gasteiger partial charge in [-0.25, -0.2) is 0 Å². The number of hydrogen-bond donors (Lipinski definition) is 1. The summed E-state index contributed by atoms with van der Waals surface area (Å²) in [5.74, 6) is -5.48. The summed E-state index contributed by atoms with van der Waals surface area (Å²) in [6.45, 7) is 4.35. The highest BCUT2D eigenvalue weighted by Gasteiger charge is 2.54. The van der Waals surface area contributed by atoms with Gasteiger partial charge in [-0.1, -0.05) is 20.3 Å². The predicted molar refractivity (Wildman–Crippen MR) is 81.3 cm³/mol. The first-order valence-corrected chi connectivity index (χ1v) is 8.45. The number of alkyl halides is 3. The molecule has 2 rings (SSSR count). The van der Waals surface area contributed by atoms with E-state index in [1.165, 1.54) is 0 Å². The van der Waals surface area contributed by atoms with Crippen LogP contribution in [-0.4, -0.2) is 65.2 Å². The molecule has 2 saturated heterocycles. The quantitative estimate of drug-likeness (QED) is 0.845. The Morgan fingerprint density at radius 2 is 1.67 bits per heavy atom.